The molecule has 0 aliphatic heterocycles. The van der Waals surface area contributed by atoms with Gasteiger partial charge >= 0.3 is 0 Å². The van der Waals surface area contributed by atoms with Crippen molar-refractivity contribution in [1.82, 2.24) is 0 Å². The second-order valence-corrected chi connectivity index (χ2v) is 6.36. The third-order valence-electron chi connectivity index (χ3n) is 4.46. The molecule has 0 radical (unpaired) electrons. The van der Waals surface area contributed by atoms with Crippen molar-refractivity contribution in [3.63, 3.8) is 0 Å². The van der Waals surface area contributed by atoms with Gasteiger partial charge in [0.2, 0.25) is 0 Å². The molecule has 110 valence electrons. The highest BCUT2D eigenvalue weighted by atomic mass is 35.5. The van der Waals surface area contributed by atoms with E-state index in [4.69, 9.17) is 17.3 Å². The molecule has 0 spiro atoms. The Bertz CT molecular complexity index is 497. The summed E-state index contributed by atoms with van der Waals surface area (Å²) in [6, 6.07) is 4.71. The van der Waals surface area contributed by atoms with Gasteiger partial charge in [-0.1, -0.05) is 24.9 Å². The SMILES string of the molecule is CCC1CCC(N)(Cc2cc(Cl)ccc2[N+](=O)[O-])CC1. The lowest BCUT2D eigenvalue weighted by atomic mass is 9.73. The van der Waals surface area contributed by atoms with Gasteiger partial charge in [-0.3, -0.25) is 10.1 Å². The highest BCUT2D eigenvalue weighted by Gasteiger charge is 2.33. The highest BCUT2D eigenvalue weighted by molar-refractivity contribution is 6.30. The quantitative estimate of drug-likeness (QED) is 0.672. The van der Waals surface area contributed by atoms with E-state index in [1.54, 1.807) is 12.1 Å². The van der Waals surface area contributed by atoms with Crippen molar-refractivity contribution < 1.29 is 4.92 Å². The Morgan fingerprint density at radius 3 is 2.65 bits per heavy atom. The van der Waals surface area contributed by atoms with Gasteiger partial charge in [0.05, 0.1) is 4.92 Å². The third kappa shape index (κ3) is 3.49. The molecule has 0 heterocycles. The molecule has 0 saturated heterocycles. The first kappa shape index (κ1) is 15.3. The smallest absolute Gasteiger partial charge is 0.272 e. The lowest BCUT2D eigenvalue weighted by molar-refractivity contribution is -0.385. The van der Waals surface area contributed by atoms with E-state index in [-0.39, 0.29) is 16.1 Å². The van der Waals surface area contributed by atoms with Gasteiger partial charge in [0.25, 0.3) is 5.69 Å². The number of halogens is 1. The number of nitrogens with two attached hydrogens (primary N) is 1. The molecular weight excluding hydrogens is 276 g/mol. The molecule has 1 aliphatic rings. The van der Waals surface area contributed by atoms with E-state index in [9.17, 15) is 10.1 Å². The molecule has 0 bridgehead atoms. The zero-order valence-electron chi connectivity index (χ0n) is 11.8. The molecule has 1 saturated carbocycles. The minimum Gasteiger partial charge on any atom is -0.325 e. The average molecular weight is 297 g/mol. The molecule has 2 rings (SSSR count). The Labute approximate surface area is 124 Å². The van der Waals surface area contributed by atoms with Crippen LogP contribution in [-0.4, -0.2) is 10.5 Å². The van der Waals surface area contributed by atoms with Gasteiger partial charge in [0.15, 0.2) is 0 Å². The van der Waals surface area contributed by atoms with Gasteiger partial charge in [-0.05, 0) is 50.2 Å². The zero-order valence-corrected chi connectivity index (χ0v) is 12.5. The summed E-state index contributed by atoms with van der Waals surface area (Å²) >= 11 is 5.97. The molecule has 5 heteroatoms. The molecule has 2 N–H and O–H groups in total. The number of hydrogen-bond donors (Lipinski definition) is 1. The fraction of sp³-hybridized carbons (Fsp3) is 0.600. The topological polar surface area (TPSA) is 69.2 Å². The third-order valence-corrected chi connectivity index (χ3v) is 4.69. The van der Waals surface area contributed by atoms with E-state index < -0.39 is 0 Å². The van der Waals surface area contributed by atoms with E-state index in [0.717, 1.165) is 31.6 Å². The number of rotatable bonds is 4. The molecular formula is C15H21ClN2O2. The largest absolute Gasteiger partial charge is 0.325 e. The highest BCUT2D eigenvalue weighted by Crippen LogP contribution is 2.36. The number of nitro groups is 1. The number of nitro benzene ring substituents is 1. The number of nitrogens with zero attached hydrogens (tertiary/aromatic N) is 1. The van der Waals surface area contributed by atoms with Crippen LogP contribution in [-0.2, 0) is 6.42 Å². The van der Waals surface area contributed by atoms with Gasteiger partial charge in [-0.2, -0.15) is 0 Å². The second-order valence-electron chi connectivity index (χ2n) is 5.92. The van der Waals surface area contributed by atoms with Crippen molar-refractivity contribution in [1.29, 1.82) is 0 Å². The van der Waals surface area contributed by atoms with Crippen molar-refractivity contribution in [3.05, 3.63) is 38.9 Å². The molecule has 4 nitrogen and oxygen atoms in total. The first-order chi connectivity index (χ1) is 9.43. The fourth-order valence-corrected chi connectivity index (χ4v) is 3.29. The van der Waals surface area contributed by atoms with E-state index >= 15 is 0 Å². The van der Waals surface area contributed by atoms with E-state index in [2.05, 4.69) is 6.92 Å². The Kier molecular flexibility index (Phi) is 4.66. The van der Waals surface area contributed by atoms with Crippen LogP contribution in [0.4, 0.5) is 5.69 Å². The molecule has 1 fully saturated rings. The molecule has 0 aromatic heterocycles. The van der Waals surface area contributed by atoms with Crippen LogP contribution in [0.15, 0.2) is 18.2 Å². The van der Waals surface area contributed by atoms with Gasteiger partial charge in [0.1, 0.15) is 0 Å². The van der Waals surface area contributed by atoms with Crippen molar-refractivity contribution in [3.8, 4) is 0 Å². The molecule has 0 atom stereocenters. The summed E-state index contributed by atoms with van der Waals surface area (Å²) in [6.45, 7) is 2.20. The van der Waals surface area contributed by atoms with Crippen LogP contribution in [0.1, 0.15) is 44.6 Å². The minimum atomic E-state index is -0.354. The predicted octanol–water partition coefficient (Wildman–Crippen LogP) is 4.09. The summed E-state index contributed by atoms with van der Waals surface area (Å²) in [5, 5.41) is 11.6. The molecule has 20 heavy (non-hydrogen) atoms. The minimum absolute atomic E-state index is 0.122. The van der Waals surface area contributed by atoms with Gasteiger partial charge < -0.3 is 5.73 Å². The summed E-state index contributed by atoms with van der Waals surface area (Å²) in [4.78, 5) is 10.7. The molecule has 1 aromatic rings. The Morgan fingerprint density at radius 2 is 2.10 bits per heavy atom. The zero-order chi connectivity index (χ0) is 14.8. The number of hydrogen-bond acceptors (Lipinski definition) is 3. The van der Waals surface area contributed by atoms with Crippen LogP contribution in [0.5, 0.6) is 0 Å². The van der Waals surface area contributed by atoms with Crippen molar-refractivity contribution >= 4 is 17.3 Å². The predicted molar refractivity (Wildman–Crippen MR) is 81.0 cm³/mol. The molecule has 1 aliphatic carbocycles. The summed E-state index contributed by atoms with van der Waals surface area (Å²) in [7, 11) is 0. The Balaban J connectivity index is 2.17. The molecule has 0 unspecified atom stereocenters. The van der Waals surface area contributed by atoms with Crippen molar-refractivity contribution in [2.75, 3.05) is 0 Å². The van der Waals surface area contributed by atoms with E-state index in [1.807, 2.05) is 0 Å². The molecule has 1 aromatic carbocycles. The summed E-state index contributed by atoms with van der Waals surface area (Å²) in [5.41, 5.74) is 6.90. The molecule has 0 amide bonds. The van der Waals surface area contributed by atoms with Crippen LogP contribution in [0.3, 0.4) is 0 Å². The first-order valence-corrected chi connectivity index (χ1v) is 7.53. The van der Waals surface area contributed by atoms with Crippen LogP contribution >= 0.6 is 11.6 Å². The average Bonchev–Trinajstić information content (AvgIpc) is 2.39. The summed E-state index contributed by atoms with van der Waals surface area (Å²) in [5.74, 6) is 0.751. The van der Waals surface area contributed by atoms with Crippen LogP contribution in [0.2, 0.25) is 5.02 Å². The number of benzene rings is 1. The summed E-state index contributed by atoms with van der Waals surface area (Å²) < 4.78 is 0. The lowest BCUT2D eigenvalue weighted by Gasteiger charge is -2.37. The Hall–Kier alpha value is -1.13. The standard InChI is InChI=1S/C15H21ClN2O2/c1-2-11-5-7-15(17,8-6-11)10-12-9-13(16)3-4-14(12)18(19)20/h3-4,9,11H,2,5-8,10,17H2,1H3. The van der Waals surface area contributed by atoms with Crippen LogP contribution in [0.25, 0.3) is 0 Å². The van der Waals surface area contributed by atoms with Crippen molar-refractivity contribution in [2.45, 2.75) is 51.0 Å². The summed E-state index contributed by atoms with van der Waals surface area (Å²) in [6.07, 6.45) is 5.79. The fourth-order valence-electron chi connectivity index (χ4n) is 3.09. The van der Waals surface area contributed by atoms with Gasteiger partial charge in [0, 0.05) is 22.2 Å². The maximum absolute atomic E-state index is 11.1. The monoisotopic (exact) mass is 296 g/mol. The van der Waals surface area contributed by atoms with Crippen LogP contribution < -0.4 is 5.73 Å². The van der Waals surface area contributed by atoms with Crippen LogP contribution in [0, 0.1) is 16.0 Å². The maximum Gasteiger partial charge on any atom is 0.272 e. The van der Waals surface area contributed by atoms with Gasteiger partial charge in [-0.25, -0.2) is 0 Å². The first-order valence-electron chi connectivity index (χ1n) is 7.15. The second kappa shape index (κ2) is 6.10. The maximum atomic E-state index is 11.1. The van der Waals surface area contributed by atoms with Gasteiger partial charge in [-0.15, -0.1) is 0 Å². The van der Waals surface area contributed by atoms with E-state index in [1.165, 1.54) is 12.5 Å². The lowest BCUT2D eigenvalue weighted by Crippen LogP contribution is -2.45. The van der Waals surface area contributed by atoms with E-state index in [0.29, 0.717) is 17.0 Å². The van der Waals surface area contributed by atoms with Crippen molar-refractivity contribution in [2.24, 2.45) is 11.7 Å². The normalized spacial score (nSPS) is 26.4. The Morgan fingerprint density at radius 1 is 1.45 bits per heavy atom.